The number of fused-ring (bicyclic) bond motifs is 1. The van der Waals surface area contributed by atoms with Gasteiger partial charge in [0.1, 0.15) is 22.9 Å². The van der Waals surface area contributed by atoms with Crippen LogP contribution in [0.5, 0.6) is 0 Å². The molecule has 10 nitrogen and oxygen atoms in total. The zero-order valence-corrected chi connectivity index (χ0v) is 19.7. The molecule has 10 heteroatoms. The van der Waals surface area contributed by atoms with Crippen molar-refractivity contribution >= 4 is 40.5 Å². The number of aromatic nitrogens is 1. The Kier molecular flexibility index (Phi) is 7.73. The normalized spacial score (nSPS) is 12.7. The standard InChI is InChI=1S/C23H31N3O7/c1-22(2,3)32-20(30)17-12-13-11-14(7-8-15(13)25-17)24-19(29)16(9-10-18(27)28)26-21(31)33-23(4,5)6/h7-8,11-12,16,25H,9-10H2,1-6H3,(H,24,29)(H,26,31)(H,27,28)/t16-/m0/s1. The fourth-order valence-corrected chi connectivity index (χ4v) is 2.87. The monoisotopic (exact) mass is 461 g/mol. The van der Waals surface area contributed by atoms with E-state index < -0.39 is 41.2 Å². The van der Waals surface area contributed by atoms with Crippen LogP contribution in [-0.2, 0) is 19.1 Å². The molecule has 0 aliphatic heterocycles. The molecule has 4 N–H and O–H groups in total. The average molecular weight is 462 g/mol. The predicted molar refractivity (Wildman–Crippen MR) is 122 cm³/mol. The maximum atomic E-state index is 12.8. The third-order valence-electron chi connectivity index (χ3n) is 4.16. The number of ether oxygens (including phenoxy) is 2. The van der Waals surface area contributed by atoms with Gasteiger partial charge < -0.3 is 30.2 Å². The van der Waals surface area contributed by atoms with Crippen LogP contribution in [0.1, 0.15) is 64.9 Å². The van der Waals surface area contributed by atoms with Crippen LogP contribution >= 0.6 is 0 Å². The van der Waals surface area contributed by atoms with E-state index in [2.05, 4.69) is 15.6 Å². The van der Waals surface area contributed by atoms with E-state index in [1.807, 2.05) is 0 Å². The number of carbonyl (C=O) groups excluding carboxylic acids is 3. The number of carboxylic acids is 1. The molecule has 1 atom stereocenters. The molecular weight excluding hydrogens is 430 g/mol. The molecule has 0 bridgehead atoms. The lowest BCUT2D eigenvalue weighted by atomic mass is 10.1. The number of rotatable bonds is 7. The molecule has 0 fully saturated rings. The highest BCUT2D eigenvalue weighted by atomic mass is 16.6. The average Bonchev–Trinajstić information content (AvgIpc) is 3.05. The van der Waals surface area contributed by atoms with Crippen LogP contribution in [0.25, 0.3) is 10.9 Å². The molecule has 180 valence electrons. The van der Waals surface area contributed by atoms with E-state index in [-0.39, 0.29) is 18.5 Å². The molecule has 0 unspecified atom stereocenters. The number of aromatic amines is 1. The van der Waals surface area contributed by atoms with Crippen molar-refractivity contribution in [2.24, 2.45) is 0 Å². The fourth-order valence-electron chi connectivity index (χ4n) is 2.87. The maximum absolute atomic E-state index is 12.8. The summed E-state index contributed by atoms with van der Waals surface area (Å²) in [4.78, 5) is 51.1. The number of anilines is 1. The summed E-state index contributed by atoms with van der Waals surface area (Å²) >= 11 is 0. The first-order chi connectivity index (χ1) is 15.1. The van der Waals surface area contributed by atoms with Gasteiger partial charge in [-0.3, -0.25) is 9.59 Å². The van der Waals surface area contributed by atoms with Crippen LogP contribution in [0.3, 0.4) is 0 Å². The predicted octanol–water partition coefficient (Wildman–Crippen LogP) is 3.82. The van der Waals surface area contributed by atoms with Gasteiger partial charge in [0.2, 0.25) is 5.91 Å². The number of amides is 2. The van der Waals surface area contributed by atoms with E-state index in [9.17, 15) is 19.2 Å². The van der Waals surface area contributed by atoms with Crippen molar-refractivity contribution in [3.05, 3.63) is 30.0 Å². The highest BCUT2D eigenvalue weighted by Gasteiger charge is 2.25. The number of benzene rings is 1. The van der Waals surface area contributed by atoms with Gasteiger partial charge in [0, 0.05) is 23.0 Å². The summed E-state index contributed by atoms with van der Waals surface area (Å²) in [7, 11) is 0. The van der Waals surface area contributed by atoms with Crippen molar-refractivity contribution in [3.63, 3.8) is 0 Å². The molecule has 0 aliphatic rings. The molecule has 2 aromatic rings. The van der Waals surface area contributed by atoms with Gasteiger partial charge in [0.15, 0.2) is 0 Å². The molecule has 2 amide bonds. The summed E-state index contributed by atoms with van der Waals surface area (Å²) in [5.74, 6) is -2.19. The summed E-state index contributed by atoms with van der Waals surface area (Å²) in [5, 5.41) is 14.7. The maximum Gasteiger partial charge on any atom is 0.408 e. The largest absolute Gasteiger partial charge is 0.481 e. The molecule has 2 rings (SSSR count). The van der Waals surface area contributed by atoms with Crippen LogP contribution in [0, 0.1) is 0 Å². The van der Waals surface area contributed by atoms with Crippen molar-refractivity contribution < 1.29 is 33.8 Å². The Hall–Kier alpha value is -3.56. The summed E-state index contributed by atoms with van der Waals surface area (Å²) in [6.45, 7) is 10.3. The van der Waals surface area contributed by atoms with E-state index in [1.54, 1.807) is 65.8 Å². The number of H-pyrrole nitrogens is 1. The Labute approximate surface area is 192 Å². The van der Waals surface area contributed by atoms with Crippen LogP contribution in [0.15, 0.2) is 24.3 Å². The van der Waals surface area contributed by atoms with Gasteiger partial charge in [-0.25, -0.2) is 9.59 Å². The second-order valence-electron chi connectivity index (χ2n) is 9.61. The third kappa shape index (κ3) is 8.47. The highest BCUT2D eigenvalue weighted by molar-refractivity contribution is 6.00. The minimum Gasteiger partial charge on any atom is -0.481 e. The number of hydrogen-bond donors (Lipinski definition) is 4. The van der Waals surface area contributed by atoms with E-state index in [0.29, 0.717) is 16.6 Å². The number of nitrogens with one attached hydrogen (secondary N) is 3. The van der Waals surface area contributed by atoms with Gasteiger partial charge >= 0.3 is 18.0 Å². The van der Waals surface area contributed by atoms with Crippen LogP contribution in [-0.4, -0.2) is 51.3 Å². The number of carboxylic acid groups (broad SMARTS) is 1. The fraction of sp³-hybridized carbons (Fsp3) is 0.478. The zero-order valence-electron chi connectivity index (χ0n) is 19.7. The Balaban J connectivity index is 2.16. The molecule has 1 heterocycles. The lowest BCUT2D eigenvalue weighted by molar-refractivity contribution is -0.137. The van der Waals surface area contributed by atoms with Gasteiger partial charge in [-0.15, -0.1) is 0 Å². The third-order valence-corrected chi connectivity index (χ3v) is 4.16. The number of carbonyl (C=O) groups is 4. The first kappa shape index (κ1) is 25.7. The van der Waals surface area contributed by atoms with Gasteiger partial charge in [0.05, 0.1) is 0 Å². The molecule has 0 saturated heterocycles. The molecule has 0 aliphatic carbocycles. The van der Waals surface area contributed by atoms with Crippen molar-refractivity contribution in [1.29, 1.82) is 0 Å². The number of esters is 1. The van der Waals surface area contributed by atoms with Crippen LogP contribution in [0.2, 0.25) is 0 Å². The van der Waals surface area contributed by atoms with E-state index >= 15 is 0 Å². The van der Waals surface area contributed by atoms with Crippen LogP contribution < -0.4 is 10.6 Å². The van der Waals surface area contributed by atoms with Crippen molar-refractivity contribution in [2.45, 2.75) is 71.6 Å². The van der Waals surface area contributed by atoms with E-state index in [1.165, 1.54) is 0 Å². The van der Waals surface area contributed by atoms with E-state index in [4.69, 9.17) is 14.6 Å². The van der Waals surface area contributed by atoms with Crippen molar-refractivity contribution in [1.82, 2.24) is 10.3 Å². The molecule has 0 spiro atoms. The minimum absolute atomic E-state index is 0.115. The van der Waals surface area contributed by atoms with Crippen molar-refractivity contribution in [2.75, 3.05) is 5.32 Å². The smallest absolute Gasteiger partial charge is 0.408 e. The second-order valence-corrected chi connectivity index (χ2v) is 9.61. The van der Waals surface area contributed by atoms with Gasteiger partial charge in [-0.2, -0.15) is 0 Å². The summed E-state index contributed by atoms with van der Waals surface area (Å²) < 4.78 is 10.5. The topological polar surface area (TPSA) is 147 Å². The molecule has 0 radical (unpaired) electrons. The molecule has 0 saturated carbocycles. The Morgan fingerprint density at radius 3 is 2.21 bits per heavy atom. The molecule has 1 aromatic heterocycles. The summed E-state index contributed by atoms with van der Waals surface area (Å²) in [5.41, 5.74) is -0.0612. The summed E-state index contributed by atoms with van der Waals surface area (Å²) in [6.07, 6.45) is -1.25. The van der Waals surface area contributed by atoms with Gasteiger partial charge in [-0.05, 0) is 72.2 Å². The number of hydrogen-bond acceptors (Lipinski definition) is 6. The summed E-state index contributed by atoms with van der Waals surface area (Å²) in [6, 6.07) is 5.46. The number of alkyl carbamates (subject to hydrolysis) is 1. The minimum atomic E-state index is -1.12. The molecule has 33 heavy (non-hydrogen) atoms. The Morgan fingerprint density at radius 1 is 1.00 bits per heavy atom. The first-order valence-corrected chi connectivity index (χ1v) is 10.5. The number of aliphatic carboxylic acids is 1. The van der Waals surface area contributed by atoms with Gasteiger partial charge in [0.25, 0.3) is 0 Å². The van der Waals surface area contributed by atoms with Crippen molar-refractivity contribution in [3.8, 4) is 0 Å². The Bertz CT molecular complexity index is 1040. The van der Waals surface area contributed by atoms with Gasteiger partial charge in [-0.1, -0.05) is 0 Å². The lowest BCUT2D eigenvalue weighted by Crippen LogP contribution is -2.46. The SMILES string of the molecule is CC(C)(C)OC(=O)N[C@@H](CCC(=O)O)C(=O)Nc1ccc2[nH]c(C(=O)OC(C)(C)C)cc2c1. The van der Waals surface area contributed by atoms with Crippen LogP contribution in [0.4, 0.5) is 10.5 Å². The zero-order chi connectivity index (χ0) is 25.0. The lowest BCUT2D eigenvalue weighted by Gasteiger charge is -2.23. The Morgan fingerprint density at radius 2 is 1.64 bits per heavy atom. The highest BCUT2D eigenvalue weighted by Crippen LogP contribution is 2.22. The first-order valence-electron chi connectivity index (χ1n) is 10.5. The quantitative estimate of drug-likeness (QED) is 0.458. The molecular formula is C23H31N3O7. The van der Waals surface area contributed by atoms with E-state index in [0.717, 1.165) is 0 Å². The second kappa shape index (κ2) is 9.93. The molecule has 1 aromatic carbocycles.